The number of nitrogens with one attached hydrogen (secondary N) is 1. The van der Waals surface area contributed by atoms with Crippen LogP contribution < -0.4 is 20.5 Å². The largest absolute Gasteiger partial charge is 0.486 e. The van der Waals surface area contributed by atoms with Crippen LogP contribution in [0.4, 0.5) is 11.4 Å². The summed E-state index contributed by atoms with van der Waals surface area (Å²) >= 11 is 7.92. The van der Waals surface area contributed by atoms with Crippen LogP contribution in [0.5, 0.6) is 5.75 Å². The number of rotatable bonds is 12. The number of piperazine rings is 1. The second-order valence-corrected chi connectivity index (χ2v) is 14.3. The van der Waals surface area contributed by atoms with Crippen LogP contribution in [0.25, 0.3) is 5.69 Å². The Kier molecular flexibility index (Phi) is 9.18. The van der Waals surface area contributed by atoms with Gasteiger partial charge >= 0.3 is 5.56 Å². The van der Waals surface area contributed by atoms with Crippen LogP contribution in [0.2, 0.25) is 5.02 Å². The molecule has 2 aliphatic rings. The van der Waals surface area contributed by atoms with Gasteiger partial charge in [-0.3, -0.25) is 4.79 Å². The number of nitrogens with zero attached hydrogens (tertiary/aromatic N) is 4. The van der Waals surface area contributed by atoms with Crippen molar-refractivity contribution >= 4 is 44.8 Å². The Hall–Kier alpha value is -2.73. The van der Waals surface area contributed by atoms with E-state index in [1.54, 1.807) is 42.2 Å². The second-order valence-electron chi connectivity index (χ2n) is 10.9. The third kappa shape index (κ3) is 7.38. The van der Waals surface area contributed by atoms with E-state index in [2.05, 4.69) is 23.6 Å². The molecule has 0 spiro atoms. The van der Waals surface area contributed by atoms with Gasteiger partial charge in [0.25, 0.3) is 0 Å². The molecule has 2 heterocycles. The Labute approximate surface area is 250 Å². The number of benzene rings is 2. The third-order valence-electron chi connectivity index (χ3n) is 7.52. The van der Waals surface area contributed by atoms with Crippen LogP contribution in [0.3, 0.4) is 0 Å². The quantitative estimate of drug-likeness (QED) is 0.297. The standard InChI is InChI=1S/C29H36ClN5O4S2/c1-29(9-10-29)21-39-27-26(19-32-35(28(27)36)25-8-4-6-23(30)18-25)33-12-14-34(15-13-33)41(37,38)20-22-5-3-7-24(17-22)31-11-16-40-2/h3-8,17-19,31H,9-16,20-21H2,1-2H3. The number of anilines is 2. The molecule has 1 N–H and O–H groups in total. The highest BCUT2D eigenvalue weighted by molar-refractivity contribution is 7.98. The molecule has 2 aromatic carbocycles. The molecule has 1 saturated heterocycles. The van der Waals surface area contributed by atoms with E-state index in [0.29, 0.717) is 49.2 Å². The summed E-state index contributed by atoms with van der Waals surface area (Å²) in [7, 11) is -3.52. The molecule has 0 atom stereocenters. The molecule has 12 heteroatoms. The van der Waals surface area contributed by atoms with Crippen LogP contribution in [-0.4, -0.2) is 73.8 Å². The zero-order valence-electron chi connectivity index (χ0n) is 23.4. The molecule has 9 nitrogen and oxygen atoms in total. The molecule has 1 aliphatic carbocycles. The molecule has 3 aromatic rings. The van der Waals surface area contributed by atoms with Gasteiger partial charge in [-0.1, -0.05) is 36.7 Å². The minimum atomic E-state index is -3.52. The third-order valence-corrected chi connectivity index (χ3v) is 10.2. The lowest BCUT2D eigenvalue weighted by Gasteiger charge is -2.35. The molecule has 1 aromatic heterocycles. The maximum Gasteiger partial charge on any atom is 0.316 e. The van der Waals surface area contributed by atoms with Crippen LogP contribution >= 0.6 is 23.4 Å². The van der Waals surface area contributed by atoms with E-state index in [1.165, 1.54) is 8.99 Å². The predicted molar refractivity (Wildman–Crippen MR) is 167 cm³/mol. The van der Waals surface area contributed by atoms with Crippen LogP contribution in [0, 0.1) is 5.41 Å². The smallest absolute Gasteiger partial charge is 0.316 e. The van der Waals surface area contributed by atoms with Crippen molar-refractivity contribution in [1.82, 2.24) is 14.1 Å². The summed E-state index contributed by atoms with van der Waals surface area (Å²) in [6, 6.07) is 14.5. The SMILES string of the molecule is CSCCNc1cccc(CS(=O)(=O)N2CCN(c3cnn(-c4cccc(Cl)c4)c(=O)c3OCC3(C)CC3)CC2)c1. The molecule has 220 valence electrons. The molecular formula is C29H36ClN5O4S2. The van der Waals surface area contributed by atoms with Gasteiger partial charge in [-0.15, -0.1) is 0 Å². The summed E-state index contributed by atoms with van der Waals surface area (Å²) in [4.78, 5) is 15.6. The first-order chi connectivity index (χ1) is 19.7. The van der Waals surface area contributed by atoms with E-state index < -0.39 is 10.0 Å². The summed E-state index contributed by atoms with van der Waals surface area (Å²) in [5, 5.41) is 8.27. The van der Waals surface area contributed by atoms with Gasteiger partial charge in [0.05, 0.1) is 24.2 Å². The summed E-state index contributed by atoms with van der Waals surface area (Å²) in [6.07, 6.45) is 5.80. The van der Waals surface area contributed by atoms with Gasteiger partial charge in [0.15, 0.2) is 0 Å². The number of hydrogen-bond acceptors (Lipinski definition) is 8. The normalized spacial score (nSPS) is 16.9. The number of ether oxygens (including phenoxy) is 1. The maximum absolute atomic E-state index is 13.6. The average Bonchev–Trinajstić information content (AvgIpc) is 3.69. The van der Waals surface area contributed by atoms with Crippen molar-refractivity contribution in [2.45, 2.75) is 25.5 Å². The molecule has 5 rings (SSSR count). The van der Waals surface area contributed by atoms with Gasteiger partial charge < -0.3 is 15.0 Å². The van der Waals surface area contributed by atoms with Crippen molar-refractivity contribution in [3.63, 3.8) is 0 Å². The van der Waals surface area contributed by atoms with E-state index in [9.17, 15) is 13.2 Å². The minimum Gasteiger partial charge on any atom is -0.486 e. The average molecular weight is 618 g/mol. The molecule has 41 heavy (non-hydrogen) atoms. The lowest BCUT2D eigenvalue weighted by atomic mass is 10.2. The van der Waals surface area contributed by atoms with Gasteiger partial charge in [0.2, 0.25) is 15.8 Å². The van der Waals surface area contributed by atoms with E-state index in [0.717, 1.165) is 36.4 Å². The van der Waals surface area contributed by atoms with E-state index in [4.69, 9.17) is 16.3 Å². The van der Waals surface area contributed by atoms with Crippen molar-refractivity contribution in [1.29, 1.82) is 0 Å². The van der Waals surface area contributed by atoms with Crippen molar-refractivity contribution in [3.05, 3.63) is 75.7 Å². The molecular weight excluding hydrogens is 582 g/mol. The number of aromatic nitrogens is 2. The zero-order chi connectivity index (χ0) is 29.0. The van der Waals surface area contributed by atoms with Crippen molar-refractivity contribution in [2.75, 3.05) is 61.6 Å². The van der Waals surface area contributed by atoms with Crippen molar-refractivity contribution in [3.8, 4) is 11.4 Å². The molecule has 0 unspecified atom stereocenters. The maximum atomic E-state index is 13.6. The first-order valence-electron chi connectivity index (χ1n) is 13.7. The molecule has 2 fully saturated rings. The Morgan fingerprint density at radius 3 is 2.56 bits per heavy atom. The highest BCUT2D eigenvalue weighted by Gasteiger charge is 2.39. The lowest BCUT2D eigenvalue weighted by Crippen LogP contribution is -2.49. The van der Waals surface area contributed by atoms with Gasteiger partial charge in [0, 0.05) is 54.6 Å². The Bertz CT molecular complexity index is 1540. The van der Waals surface area contributed by atoms with E-state index in [-0.39, 0.29) is 22.5 Å². The minimum absolute atomic E-state index is 0.0603. The van der Waals surface area contributed by atoms with Gasteiger partial charge in [-0.2, -0.15) is 25.8 Å². The molecule has 0 amide bonds. The molecule has 0 bridgehead atoms. The van der Waals surface area contributed by atoms with E-state index in [1.807, 2.05) is 29.2 Å². The highest BCUT2D eigenvalue weighted by atomic mass is 35.5. The molecule has 0 radical (unpaired) electrons. The van der Waals surface area contributed by atoms with Gasteiger partial charge in [-0.25, -0.2) is 8.42 Å². The van der Waals surface area contributed by atoms with E-state index >= 15 is 0 Å². The zero-order valence-corrected chi connectivity index (χ0v) is 25.8. The Morgan fingerprint density at radius 1 is 1.10 bits per heavy atom. The highest BCUT2D eigenvalue weighted by Crippen LogP contribution is 2.45. The summed E-state index contributed by atoms with van der Waals surface area (Å²) in [5.41, 5.74) is 2.51. The predicted octanol–water partition coefficient (Wildman–Crippen LogP) is 4.49. The fourth-order valence-corrected chi connectivity index (χ4v) is 6.76. The van der Waals surface area contributed by atoms with Crippen molar-refractivity contribution < 1.29 is 13.2 Å². The first-order valence-corrected chi connectivity index (χ1v) is 17.1. The Morgan fingerprint density at radius 2 is 1.85 bits per heavy atom. The lowest BCUT2D eigenvalue weighted by molar-refractivity contribution is 0.242. The second kappa shape index (κ2) is 12.6. The van der Waals surface area contributed by atoms with Crippen LogP contribution in [0.1, 0.15) is 25.3 Å². The number of hydrogen-bond donors (Lipinski definition) is 1. The fourth-order valence-electron chi connectivity index (χ4n) is 4.76. The monoisotopic (exact) mass is 617 g/mol. The number of halogens is 1. The topological polar surface area (TPSA) is 96.8 Å². The number of sulfonamides is 1. The molecule has 1 aliphatic heterocycles. The summed E-state index contributed by atoms with van der Waals surface area (Å²) in [5.74, 6) is 1.15. The van der Waals surface area contributed by atoms with Crippen LogP contribution in [-0.2, 0) is 15.8 Å². The van der Waals surface area contributed by atoms with Gasteiger partial charge in [-0.05, 0) is 55.0 Å². The summed E-state index contributed by atoms with van der Waals surface area (Å²) < 4.78 is 35.6. The van der Waals surface area contributed by atoms with Gasteiger partial charge in [0.1, 0.15) is 5.69 Å². The fraction of sp³-hybridized carbons (Fsp3) is 0.448. The molecule has 1 saturated carbocycles. The summed E-state index contributed by atoms with van der Waals surface area (Å²) in [6.45, 7) is 4.86. The van der Waals surface area contributed by atoms with Crippen molar-refractivity contribution in [2.24, 2.45) is 5.41 Å². The Balaban J connectivity index is 1.30. The van der Waals surface area contributed by atoms with Crippen LogP contribution in [0.15, 0.2) is 59.5 Å². The first kappa shape index (κ1) is 29.8. The number of thioether (sulfide) groups is 1.